The summed E-state index contributed by atoms with van der Waals surface area (Å²) in [5.41, 5.74) is 2.59. The van der Waals surface area contributed by atoms with Gasteiger partial charge in [0.25, 0.3) is 0 Å². The number of nitrogens with one attached hydrogen (secondary N) is 1. The third-order valence-corrected chi connectivity index (χ3v) is 4.75. The average molecular weight is 326 g/mol. The van der Waals surface area contributed by atoms with E-state index in [-0.39, 0.29) is 6.17 Å². The van der Waals surface area contributed by atoms with E-state index in [1.165, 1.54) is 17.7 Å². The Balaban J connectivity index is 1.71. The summed E-state index contributed by atoms with van der Waals surface area (Å²) in [5.74, 6) is 1.66. The second-order valence-electron chi connectivity index (χ2n) is 6.92. The SMILES string of the molecule is CCCN1C=C2NC(C[C@@H](C)c3ccccc3)N=C2N(CCC)C1. The molecule has 1 aromatic rings. The zero-order chi connectivity index (χ0) is 16.9. The lowest BCUT2D eigenvalue weighted by atomic mass is 9.97. The summed E-state index contributed by atoms with van der Waals surface area (Å²) in [4.78, 5) is 9.83. The van der Waals surface area contributed by atoms with Crippen molar-refractivity contribution in [2.24, 2.45) is 4.99 Å². The van der Waals surface area contributed by atoms with Crippen molar-refractivity contribution in [3.63, 3.8) is 0 Å². The minimum absolute atomic E-state index is 0.183. The Morgan fingerprint density at radius 2 is 1.92 bits per heavy atom. The van der Waals surface area contributed by atoms with Gasteiger partial charge in [0.1, 0.15) is 6.17 Å². The molecule has 0 radical (unpaired) electrons. The van der Waals surface area contributed by atoms with Crippen LogP contribution in [0.5, 0.6) is 0 Å². The van der Waals surface area contributed by atoms with E-state index in [4.69, 9.17) is 4.99 Å². The first-order valence-corrected chi connectivity index (χ1v) is 9.31. The van der Waals surface area contributed by atoms with E-state index in [0.29, 0.717) is 5.92 Å². The molecule has 4 heteroatoms. The first kappa shape index (κ1) is 16.9. The highest BCUT2D eigenvalue weighted by Crippen LogP contribution is 2.26. The van der Waals surface area contributed by atoms with Gasteiger partial charge in [-0.25, -0.2) is 4.99 Å². The van der Waals surface area contributed by atoms with Crippen molar-refractivity contribution < 1.29 is 0 Å². The molecule has 0 saturated carbocycles. The third-order valence-electron chi connectivity index (χ3n) is 4.75. The monoisotopic (exact) mass is 326 g/mol. The van der Waals surface area contributed by atoms with E-state index in [0.717, 1.165) is 38.4 Å². The van der Waals surface area contributed by atoms with Crippen LogP contribution < -0.4 is 5.32 Å². The van der Waals surface area contributed by atoms with Gasteiger partial charge in [0.2, 0.25) is 0 Å². The molecule has 0 aromatic heterocycles. The van der Waals surface area contributed by atoms with E-state index in [9.17, 15) is 0 Å². The van der Waals surface area contributed by atoms with Gasteiger partial charge in [0, 0.05) is 19.3 Å². The molecule has 130 valence electrons. The highest BCUT2D eigenvalue weighted by molar-refractivity contribution is 6.00. The average Bonchev–Trinajstić information content (AvgIpc) is 2.99. The molecule has 2 aliphatic rings. The fourth-order valence-corrected chi connectivity index (χ4v) is 3.58. The Labute approximate surface area is 146 Å². The summed E-state index contributed by atoms with van der Waals surface area (Å²) < 4.78 is 0. The number of aliphatic imine (C=N–C) groups is 1. The Morgan fingerprint density at radius 3 is 2.62 bits per heavy atom. The molecular weight excluding hydrogens is 296 g/mol. The number of amidine groups is 1. The van der Waals surface area contributed by atoms with E-state index in [1.807, 2.05) is 0 Å². The smallest absolute Gasteiger partial charge is 0.152 e. The quantitative estimate of drug-likeness (QED) is 0.828. The Bertz CT molecular complexity index is 593. The molecule has 0 amide bonds. The van der Waals surface area contributed by atoms with Crippen LogP contribution in [0.1, 0.15) is 51.5 Å². The molecule has 0 spiro atoms. The van der Waals surface area contributed by atoms with Crippen LogP contribution in [0.4, 0.5) is 0 Å². The number of fused-ring (bicyclic) bond motifs is 1. The van der Waals surface area contributed by atoms with Crippen LogP contribution in [0.25, 0.3) is 0 Å². The summed E-state index contributed by atoms with van der Waals surface area (Å²) in [6, 6.07) is 10.7. The number of rotatable bonds is 7. The maximum absolute atomic E-state index is 5.01. The van der Waals surface area contributed by atoms with Gasteiger partial charge in [0.15, 0.2) is 5.84 Å². The molecule has 2 aliphatic heterocycles. The molecule has 0 aliphatic carbocycles. The lowest BCUT2D eigenvalue weighted by Crippen LogP contribution is -2.45. The van der Waals surface area contributed by atoms with Gasteiger partial charge in [-0.2, -0.15) is 0 Å². The van der Waals surface area contributed by atoms with Gasteiger partial charge in [0.05, 0.1) is 12.4 Å². The fraction of sp³-hybridized carbons (Fsp3) is 0.550. The van der Waals surface area contributed by atoms with Crippen LogP contribution in [0.15, 0.2) is 47.2 Å². The molecule has 0 bridgehead atoms. The lowest BCUT2D eigenvalue weighted by molar-refractivity contribution is 0.235. The second-order valence-corrected chi connectivity index (χ2v) is 6.92. The molecular formula is C20H30N4. The molecule has 0 fully saturated rings. The molecule has 24 heavy (non-hydrogen) atoms. The normalized spacial score (nSPS) is 21.0. The Kier molecular flexibility index (Phi) is 5.44. The van der Waals surface area contributed by atoms with Crippen LogP contribution >= 0.6 is 0 Å². The van der Waals surface area contributed by atoms with Gasteiger partial charge in [-0.15, -0.1) is 0 Å². The van der Waals surface area contributed by atoms with E-state index >= 15 is 0 Å². The topological polar surface area (TPSA) is 30.9 Å². The number of hydrogen-bond donors (Lipinski definition) is 1. The molecule has 4 nitrogen and oxygen atoms in total. The summed E-state index contributed by atoms with van der Waals surface area (Å²) in [7, 11) is 0. The highest BCUT2D eigenvalue weighted by Gasteiger charge is 2.31. The number of hydrogen-bond acceptors (Lipinski definition) is 4. The van der Waals surface area contributed by atoms with Crippen molar-refractivity contribution >= 4 is 5.84 Å². The maximum atomic E-state index is 5.01. The van der Waals surface area contributed by atoms with Crippen molar-refractivity contribution in [1.82, 2.24) is 15.1 Å². The third kappa shape index (κ3) is 3.74. The molecule has 2 atom stereocenters. The zero-order valence-electron chi connectivity index (χ0n) is 15.2. The highest BCUT2D eigenvalue weighted by atomic mass is 15.4. The molecule has 1 N–H and O–H groups in total. The van der Waals surface area contributed by atoms with Crippen molar-refractivity contribution in [2.45, 2.75) is 52.1 Å². The first-order chi connectivity index (χ1) is 11.7. The summed E-state index contributed by atoms with van der Waals surface area (Å²) >= 11 is 0. The predicted molar refractivity (Wildman–Crippen MR) is 101 cm³/mol. The van der Waals surface area contributed by atoms with Gasteiger partial charge in [-0.05, 0) is 30.7 Å². The summed E-state index contributed by atoms with van der Waals surface area (Å²) in [6.45, 7) is 9.90. The molecule has 1 unspecified atom stereocenters. The van der Waals surface area contributed by atoms with E-state index < -0.39 is 0 Å². The number of benzene rings is 1. The fourth-order valence-electron chi connectivity index (χ4n) is 3.58. The van der Waals surface area contributed by atoms with Gasteiger partial charge < -0.3 is 15.1 Å². The predicted octanol–water partition coefficient (Wildman–Crippen LogP) is 3.74. The van der Waals surface area contributed by atoms with Crippen molar-refractivity contribution in [3.8, 4) is 0 Å². The molecule has 0 saturated heterocycles. The Morgan fingerprint density at radius 1 is 1.17 bits per heavy atom. The summed E-state index contributed by atoms with van der Waals surface area (Å²) in [5, 5.41) is 3.64. The van der Waals surface area contributed by atoms with Crippen LogP contribution in [0.2, 0.25) is 0 Å². The van der Waals surface area contributed by atoms with Gasteiger partial charge >= 0.3 is 0 Å². The minimum Gasteiger partial charge on any atom is -0.360 e. The van der Waals surface area contributed by atoms with Crippen molar-refractivity contribution in [2.75, 3.05) is 19.8 Å². The van der Waals surface area contributed by atoms with E-state index in [1.54, 1.807) is 0 Å². The second kappa shape index (κ2) is 7.73. The lowest BCUT2D eigenvalue weighted by Gasteiger charge is -2.35. The summed E-state index contributed by atoms with van der Waals surface area (Å²) in [6.07, 6.45) is 5.80. The van der Waals surface area contributed by atoms with Gasteiger partial charge in [-0.1, -0.05) is 51.1 Å². The zero-order valence-corrected chi connectivity index (χ0v) is 15.2. The van der Waals surface area contributed by atoms with E-state index in [2.05, 4.69) is 72.4 Å². The van der Waals surface area contributed by atoms with Crippen LogP contribution in [-0.4, -0.2) is 41.6 Å². The van der Waals surface area contributed by atoms with Crippen LogP contribution in [0.3, 0.4) is 0 Å². The Hall–Kier alpha value is -1.97. The largest absolute Gasteiger partial charge is 0.360 e. The van der Waals surface area contributed by atoms with Crippen LogP contribution in [0, 0.1) is 0 Å². The minimum atomic E-state index is 0.183. The van der Waals surface area contributed by atoms with Crippen LogP contribution in [-0.2, 0) is 0 Å². The van der Waals surface area contributed by atoms with Crippen molar-refractivity contribution in [1.29, 1.82) is 0 Å². The van der Waals surface area contributed by atoms with Gasteiger partial charge in [-0.3, -0.25) is 0 Å². The first-order valence-electron chi connectivity index (χ1n) is 9.31. The standard InChI is InChI=1S/C20H30N4/c1-4-11-23-14-18-20(24(15-23)12-5-2)22-19(21-18)13-16(3)17-9-7-6-8-10-17/h6-10,14,16,19,21H,4-5,11-13,15H2,1-3H3/t16-,19?/m1/s1. The number of nitrogens with zero attached hydrogens (tertiary/aromatic N) is 3. The molecule has 2 heterocycles. The van der Waals surface area contributed by atoms with Crippen molar-refractivity contribution in [3.05, 3.63) is 47.8 Å². The molecule has 3 rings (SSSR count). The molecule has 1 aromatic carbocycles. The maximum Gasteiger partial charge on any atom is 0.152 e.